The molecule has 0 spiro atoms. The van der Waals surface area contributed by atoms with E-state index in [1.807, 2.05) is 90.0 Å². The van der Waals surface area contributed by atoms with Gasteiger partial charge in [-0.3, -0.25) is 38.4 Å². The summed E-state index contributed by atoms with van der Waals surface area (Å²) in [7, 11) is 0. The van der Waals surface area contributed by atoms with Crippen molar-refractivity contribution < 1.29 is 115 Å². The molecule has 22 aliphatic carbocycles. The molecule has 22 bridgehead atoms. The fourth-order valence-corrected chi connectivity index (χ4v) is 29.6. The number of hydrogen-bond acceptors (Lipinski definition) is 24. The number of hydrogen-bond donors (Lipinski definition) is 1. The minimum absolute atomic E-state index is 0. The summed E-state index contributed by atoms with van der Waals surface area (Å²) < 4.78 is 66.9. The lowest BCUT2D eigenvalue weighted by atomic mass is 9.48. The molecule has 24 aliphatic rings. The summed E-state index contributed by atoms with van der Waals surface area (Å²) in [4.78, 5) is 133. The van der Waals surface area contributed by atoms with Crippen molar-refractivity contribution in [1.29, 1.82) is 0 Å². The predicted octanol–water partition coefficient (Wildman–Crippen LogP) is 27.6. The predicted molar refractivity (Wildman–Crippen MR) is 572 cm³/mol. The van der Waals surface area contributed by atoms with Crippen LogP contribution >= 0.6 is 0 Å². The Balaban J connectivity index is 0.000000585. The van der Waals surface area contributed by atoms with E-state index in [0.29, 0.717) is 97.4 Å². The lowest BCUT2D eigenvalue weighted by molar-refractivity contribution is -0.225. The quantitative estimate of drug-likeness (QED) is 0.0329. The topological polar surface area (TPSA) is 319 Å². The van der Waals surface area contributed by atoms with Gasteiger partial charge in [0.15, 0.2) is 20.0 Å². The van der Waals surface area contributed by atoms with Crippen LogP contribution < -0.4 is 0 Å². The highest BCUT2D eigenvalue weighted by Gasteiger charge is 2.67. The molecule has 144 heavy (non-hydrogen) atoms. The number of aliphatic hydroxyl groups is 1. The summed E-state index contributed by atoms with van der Waals surface area (Å²) in [6.45, 7) is 39.5. The van der Waals surface area contributed by atoms with E-state index < -0.39 is 56.7 Å². The van der Waals surface area contributed by atoms with Crippen LogP contribution in [0, 0.1) is 156 Å². The van der Waals surface area contributed by atoms with Crippen LogP contribution in [0.3, 0.4) is 0 Å². The first-order valence-electron chi connectivity index (χ1n) is 52.4. The minimum Gasteiger partial charge on any atom is -0.463 e. The first kappa shape index (κ1) is 134. The Labute approximate surface area is 876 Å². The Kier molecular flexibility index (Phi) is 48.0. The average Bonchev–Trinajstić information content (AvgIpc) is 1.26. The zero-order valence-corrected chi connectivity index (χ0v) is 84.3. The van der Waals surface area contributed by atoms with E-state index in [1.54, 1.807) is 27.7 Å². The standard InChI is InChI=1S/C29H44O5.C19H30O4.C18H30O2.C16H22O6.C16H26O3.C10H16O4.12CH4/c1-4-27(2,3)25(30)34-24-22-8-21-9-23(24)15-29(13-21,14-22)26(31)33-17-32-16-28-10-18-5-19(11-28)7-20(6-18)12-28;1-5-18(2,3)17(21)22-11-16(20)23-19(4)14-7-12-6-13(9-14)10-15(19)8-12;1-5-17(3,4)16(19)20-18(6-2)14-8-12-7-13(10-14)11-15(18)9-12;1-4-16(2,3)15(19)20-7-11(17)21-12-8-5-9-10(6-8)14(18)22-13(9)12;1-4-14(2,3)13(17)19-16-8-11-5-12(9-16)7-15(18,6-11)10-16;1-4-10(2,3)9(12)14-7-5-6-13-8(7)11;;;;;;;;;;;;/h18-24H,4-17H2,1-3H3;12-15H,5-11H2,1-4H3;12-15H,5-11H2,1-4H3;8-10,12-13H,4-7H2,1-3H3;11-12,18H,4-10H2,1-3H3;7H,4-6H2,1-3H3;12*1H4. The average molecular weight is 2040 g/mol. The van der Waals surface area contributed by atoms with Crippen LogP contribution in [0.1, 0.15) is 465 Å². The largest absolute Gasteiger partial charge is 0.463 e. The normalized spacial score (nSPS) is 36.4. The van der Waals surface area contributed by atoms with Crippen LogP contribution in [0.5, 0.6) is 0 Å². The van der Waals surface area contributed by atoms with Gasteiger partial charge < -0.3 is 61.9 Å². The van der Waals surface area contributed by atoms with Gasteiger partial charge in [0.1, 0.15) is 35.1 Å². The number of carbonyl (C=O) groups excluding carboxylic acids is 11. The maximum atomic E-state index is 13.3. The molecule has 0 aromatic rings. The van der Waals surface area contributed by atoms with E-state index in [-0.39, 0.29) is 221 Å². The zero-order valence-electron chi connectivity index (χ0n) is 84.3. The van der Waals surface area contributed by atoms with Gasteiger partial charge in [-0.05, 0) is 415 Å². The van der Waals surface area contributed by atoms with Crippen LogP contribution in [0.2, 0.25) is 0 Å². The van der Waals surface area contributed by atoms with E-state index in [4.69, 9.17) is 56.8 Å². The van der Waals surface area contributed by atoms with Crippen molar-refractivity contribution in [3.05, 3.63) is 0 Å². The Hall–Kier alpha value is -5.91. The zero-order chi connectivity index (χ0) is 95.8. The third-order valence-electron chi connectivity index (χ3n) is 38.5. The molecule has 10 unspecified atom stereocenters. The van der Waals surface area contributed by atoms with Crippen LogP contribution in [0.15, 0.2) is 0 Å². The first-order valence-corrected chi connectivity index (χ1v) is 52.4. The Morgan fingerprint density at radius 3 is 1.19 bits per heavy atom. The summed E-state index contributed by atoms with van der Waals surface area (Å²) in [6, 6.07) is 0. The van der Waals surface area contributed by atoms with Crippen molar-refractivity contribution >= 4 is 65.7 Å². The third-order valence-corrected chi connectivity index (χ3v) is 38.5. The number of cyclic esters (lactones) is 1. The van der Waals surface area contributed by atoms with Gasteiger partial charge >= 0.3 is 65.7 Å². The second kappa shape index (κ2) is 51.5. The van der Waals surface area contributed by atoms with Crippen molar-refractivity contribution in [3.63, 3.8) is 0 Å². The Morgan fingerprint density at radius 2 is 0.771 bits per heavy atom. The molecule has 1 N–H and O–H groups in total. The molecule has 2 aliphatic heterocycles. The molecule has 2 saturated heterocycles. The highest BCUT2D eigenvalue weighted by Crippen LogP contribution is 2.67. The molecule has 0 radical (unpaired) electrons. The van der Waals surface area contributed by atoms with Crippen molar-refractivity contribution in [3.8, 4) is 0 Å². The van der Waals surface area contributed by atoms with Gasteiger partial charge in [0.2, 0.25) is 6.10 Å². The second-order valence-electron chi connectivity index (χ2n) is 50.4. The van der Waals surface area contributed by atoms with Gasteiger partial charge in [0, 0.05) is 24.7 Å². The molecule has 840 valence electrons. The molecule has 24 nitrogen and oxygen atoms in total. The van der Waals surface area contributed by atoms with E-state index in [1.165, 1.54) is 109 Å². The van der Waals surface area contributed by atoms with E-state index in [9.17, 15) is 57.8 Å². The monoisotopic (exact) mass is 2040 g/mol. The van der Waals surface area contributed by atoms with Gasteiger partial charge in [-0.2, -0.15) is 0 Å². The summed E-state index contributed by atoms with van der Waals surface area (Å²) in [5, 5.41) is 10.6. The van der Waals surface area contributed by atoms with E-state index in [2.05, 4.69) is 20.8 Å². The van der Waals surface area contributed by atoms with E-state index in [0.717, 1.165) is 144 Å². The number of fused-ring (bicyclic) bond motifs is 1. The van der Waals surface area contributed by atoms with Gasteiger partial charge in [0.05, 0.1) is 62.6 Å². The van der Waals surface area contributed by atoms with Gasteiger partial charge in [0.25, 0.3) is 0 Å². The number of esters is 11. The van der Waals surface area contributed by atoms with Gasteiger partial charge in [-0.1, -0.05) is 138 Å². The molecule has 0 aromatic carbocycles. The summed E-state index contributed by atoms with van der Waals surface area (Å²) in [6.07, 6.45) is 37.6. The Morgan fingerprint density at radius 1 is 0.375 bits per heavy atom. The Bertz CT molecular complexity index is 4080. The molecule has 0 amide bonds. The van der Waals surface area contributed by atoms with Crippen LogP contribution in [-0.2, 0) is 110 Å². The number of rotatable bonds is 28. The fourth-order valence-electron chi connectivity index (χ4n) is 29.6. The fraction of sp³-hybridized carbons (Fsp3) is 0.908. The summed E-state index contributed by atoms with van der Waals surface area (Å²) in [5.74, 6) is 8.38. The summed E-state index contributed by atoms with van der Waals surface area (Å²) in [5.41, 5.74) is -4.30. The molecule has 0 aromatic heterocycles. The van der Waals surface area contributed by atoms with Crippen molar-refractivity contribution in [2.24, 2.45) is 156 Å². The third kappa shape index (κ3) is 28.3. The number of ether oxygens (including phenoxy) is 12. The van der Waals surface area contributed by atoms with Crippen LogP contribution in [0.4, 0.5) is 0 Å². The number of carbonyl (C=O) groups is 11. The smallest absolute Gasteiger partial charge is 0.347 e. The first-order chi connectivity index (χ1) is 61.9. The molecular weight excluding hydrogens is 1830 g/mol. The lowest BCUT2D eigenvalue weighted by Crippen LogP contribution is -2.61. The second-order valence-corrected chi connectivity index (χ2v) is 50.4. The molecule has 24 heteroatoms. The van der Waals surface area contributed by atoms with Crippen molar-refractivity contribution in [2.75, 3.05) is 33.2 Å². The van der Waals surface area contributed by atoms with Crippen molar-refractivity contribution in [2.45, 2.75) is 512 Å². The van der Waals surface area contributed by atoms with Crippen molar-refractivity contribution in [1.82, 2.24) is 0 Å². The highest BCUT2D eigenvalue weighted by molar-refractivity contribution is 5.84. The molecule has 2 heterocycles. The lowest BCUT2D eigenvalue weighted by Gasteiger charge is -2.60. The highest BCUT2D eigenvalue weighted by atomic mass is 16.7. The van der Waals surface area contributed by atoms with Gasteiger partial charge in [-0.15, -0.1) is 0 Å². The molecule has 22 saturated carbocycles. The maximum Gasteiger partial charge on any atom is 0.347 e. The molecule has 10 atom stereocenters. The molecule has 24 rings (SSSR count). The minimum atomic E-state index is -0.687. The van der Waals surface area contributed by atoms with Crippen LogP contribution in [0.25, 0.3) is 0 Å². The SMILES string of the molecule is C.C.C.C.C.C.C.C.C.C.C.C.CCC(C)(C)C(=O)OC1(CC)C2CC3CC(C2)CC1C3.CCC(C)(C)C(=O)OC12CC3CC(CC(O)(C3)C1)C2.CCC(C)(C)C(=O)OC1C2CC3CC1CC(C(=O)OCOCC14CC5CC(CC(C5)C1)C4)(C3)C2.CCC(C)(C)C(=O)OC1CCOC1=O.CCC(C)(C)C(=O)OCC(=O)OC1(C)C2CC3CC(C2)CC1C3.CCC(C)(C)C(=O)OCC(=O)OC1C2CC3C(=O)OC1C3C2. The summed E-state index contributed by atoms with van der Waals surface area (Å²) >= 11 is 0. The van der Waals surface area contributed by atoms with Crippen LogP contribution in [-0.4, -0.2) is 151 Å². The molecular formula is C120H216O24. The molecule has 24 fully saturated rings. The van der Waals surface area contributed by atoms with Gasteiger partial charge in [-0.25, -0.2) is 14.4 Å². The van der Waals surface area contributed by atoms with E-state index >= 15 is 0 Å². The maximum absolute atomic E-state index is 13.3.